The van der Waals surface area contributed by atoms with E-state index in [0.717, 1.165) is 5.56 Å². The Labute approximate surface area is 124 Å². The molecule has 1 aliphatic heterocycles. The summed E-state index contributed by atoms with van der Waals surface area (Å²) in [4.78, 5) is 13.9. The van der Waals surface area contributed by atoms with Gasteiger partial charge in [0.25, 0.3) is 0 Å². The van der Waals surface area contributed by atoms with Gasteiger partial charge >= 0.3 is 0 Å². The molecule has 0 bridgehead atoms. The number of hydrogen-bond donors (Lipinski definition) is 1. The number of amides is 1. The number of halogens is 2. The minimum atomic E-state index is -0.306. The van der Waals surface area contributed by atoms with Crippen molar-refractivity contribution < 1.29 is 13.9 Å². The fourth-order valence-electron chi connectivity index (χ4n) is 2.19. The molecule has 0 unspecified atom stereocenters. The fraction of sp³-hybridized carbons (Fsp3) is 0.500. The molecular formula is C14H20ClFN2O2. The highest BCUT2D eigenvalue weighted by molar-refractivity contribution is 5.85. The van der Waals surface area contributed by atoms with Crippen molar-refractivity contribution in [2.24, 2.45) is 0 Å². The summed E-state index contributed by atoms with van der Waals surface area (Å²) >= 11 is 0. The molecule has 1 saturated heterocycles. The van der Waals surface area contributed by atoms with Crippen LogP contribution in [0.5, 0.6) is 0 Å². The monoisotopic (exact) mass is 302 g/mol. The third-order valence-electron chi connectivity index (χ3n) is 3.29. The molecule has 0 spiro atoms. The van der Waals surface area contributed by atoms with Crippen LogP contribution >= 0.6 is 12.4 Å². The van der Waals surface area contributed by atoms with Crippen molar-refractivity contribution in [1.29, 1.82) is 0 Å². The molecule has 1 aliphatic rings. The van der Waals surface area contributed by atoms with Crippen molar-refractivity contribution in [2.45, 2.75) is 25.6 Å². The van der Waals surface area contributed by atoms with Crippen LogP contribution in [-0.4, -0.2) is 43.2 Å². The molecule has 1 aromatic carbocycles. The molecule has 6 heteroatoms. The highest BCUT2D eigenvalue weighted by Gasteiger charge is 2.30. The number of nitrogens with zero attached hydrogens (tertiary/aromatic N) is 1. The number of benzene rings is 1. The lowest BCUT2D eigenvalue weighted by Crippen LogP contribution is -2.55. The summed E-state index contributed by atoms with van der Waals surface area (Å²) in [5.74, 6) is -0.273. The summed E-state index contributed by atoms with van der Waals surface area (Å²) in [6.45, 7) is 3.67. The standard InChI is InChI=1S/C14H19FN2O2.ClH/c1-10-13(16-7-8-19-10)14(18)17(2)9-11-3-5-12(15)6-4-11;/h3-6,10,13,16H,7-9H2,1-2H3;1H/t10-,13+;/m1./s1. The molecular weight excluding hydrogens is 283 g/mol. The number of carbonyl (C=O) groups is 1. The lowest BCUT2D eigenvalue weighted by atomic mass is 10.1. The first-order valence-corrected chi connectivity index (χ1v) is 6.42. The van der Waals surface area contributed by atoms with Crippen LogP contribution in [0.2, 0.25) is 0 Å². The topological polar surface area (TPSA) is 41.6 Å². The first-order chi connectivity index (χ1) is 9.08. The van der Waals surface area contributed by atoms with Crippen molar-refractivity contribution in [1.82, 2.24) is 10.2 Å². The normalized spacial score (nSPS) is 21.9. The molecule has 1 amide bonds. The Morgan fingerprint density at radius 3 is 2.70 bits per heavy atom. The smallest absolute Gasteiger partial charge is 0.242 e. The van der Waals surface area contributed by atoms with E-state index in [1.165, 1.54) is 12.1 Å². The quantitative estimate of drug-likeness (QED) is 0.922. The summed E-state index contributed by atoms with van der Waals surface area (Å²) in [6.07, 6.45) is -0.128. The molecule has 112 valence electrons. The van der Waals surface area contributed by atoms with E-state index >= 15 is 0 Å². The van der Waals surface area contributed by atoms with E-state index < -0.39 is 0 Å². The van der Waals surface area contributed by atoms with Gasteiger partial charge in [-0.15, -0.1) is 12.4 Å². The van der Waals surface area contributed by atoms with Gasteiger partial charge in [0.2, 0.25) is 5.91 Å². The van der Waals surface area contributed by atoms with Gasteiger partial charge in [0, 0.05) is 20.1 Å². The van der Waals surface area contributed by atoms with E-state index in [1.807, 2.05) is 6.92 Å². The number of nitrogens with one attached hydrogen (secondary N) is 1. The molecule has 20 heavy (non-hydrogen) atoms. The lowest BCUT2D eigenvalue weighted by molar-refractivity contribution is -0.138. The Hall–Kier alpha value is -1.17. The Bertz CT molecular complexity index is 441. The maximum atomic E-state index is 12.8. The molecule has 1 heterocycles. The van der Waals surface area contributed by atoms with Crippen LogP contribution in [0.1, 0.15) is 12.5 Å². The third-order valence-corrected chi connectivity index (χ3v) is 3.29. The number of rotatable bonds is 3. The molecule has 0 radical (unpaired) electrons. The average Bonchev–Trinajstić information content (AvgIpc) is 2.41. The van der Waals surface area contributed by atoms with Crippen LogP contribution in [0.25, 0.3) is 0 Å². The van der Waals surface area contributed by atoms with Crippen LogP contribution in [0, 0.1) is 5.82 Å². The van der Waals surface area contributed by atoms with E-state index in [9.17, 15) is 9.18 Å². The SMILES string of the molecule is C[C@H]1OCCN[C@@H]1C(=O)N(C)Cc1ccc(F)cc1.Cl. The summed E-state index contributed by atoms with van der Waals surface area (Å²) < 4.78 is 18.3. The van der Waals surface area contributed by atoms with Crippen LogP contribution < -0.4 is 5.32 Å². The van der Waals surface area contributed by atoms with Crippen LogP contribution in [0.15, 0.2) is 24.3 Å². The van der Waals surface area contributed by atoms with Crippen molar-refractivity contribution in [2.75, 3.05) is 20.2 Å². The van der Waals surface area contributed by atoms with E-state index in [2.05, 4.69) is 5.32 Å². The minimum Gasteiger partial charge on any atom is -0.375 e. The third kappa shape index (κ3) is 4.16. The van der Waals surface area contributed by atoms with Gasteiger partial charge in [0.1, 0.15) is 11.9 Å². The Morgan fingerprint density at radius 1 is 1.45 bits per heavy atom. The predicted molar refractivity (Wildman–Crippen MR) is 77.3 cm³/mol. The maximum Gasteiger partial charge on any atom is 0.242 e. The molecule has 1 aromatic rings. The first-order valence-electron chi connectivity index (χ1n) is 6.42. The molecule has 1 N–H and O–H groups in total. The zero-order valence-corrected chi connectivity index (χ0v) is 12.5. The van der Waals surface area contributed by atoms with Crippen LogP contribution in [-0.2, 0) is 16.1 Å². The van der Waals surface area contributed by atoms with Gasteiger partial charge in [0.05, 0.1) is 12.7 Å². The Morgan fingerprint density at radius 2 is 2.10 bits per heavy atom. The Kier molecular flexibility index (Phi) is 6.39. The second-order valence-electron chi connectivity index (χ2n) is 4.83. The summed E-state index contributed by atoms with van der Waals surface area (Å²) in [5.41, 5.74) is 0.904. The van der Waals surface area contributed by atoms with E-state index in [-0.39, 0.29) is 36.3 Å². The van der Waals surface area contributed by atoms with Gasteiger partial charge in [-0.05, 0) is 24.6 Å². The largest absolute Gasteiger partial charge is 0.375 e. The van der Waals surface area contributed by atoms with Crippen LogP contribution in [0.3, 0.4) is 0 Å². The summed E-state index contributed by atoms with van der Waals surface area (Å²) in [6, 6.07) is 5.87. The highest BCUT2D eigenvalue weighted by atomic mass is 35.5. The van der Waals surface area contributed by atoms with Gasteiger partial charge in [-0.1, -0.05) is 12.1 Å². The van der Waals surface area contributed by atoms with E-state index in [1.54, 1.807) is 24.1 Å². The number of morpholine rings is 1. The molecule has 2 rings (SSSR count). The molecule has 0 aliphatic carbocycles. The summed E-state index contributed by atoms with van der Waals surface area (Å²) in [7, 11) is 1.74. The van der Waals surface area contributed by atoms with Gasteiger partial charge < -0.3 is 15.0 Å². The second kappa shape index (κ2) is 7.57. The van der Waals surface area contributed by atoms with Gasteiger partial charge in [-0.25, -0.2) is 4.39 Å². The zero-order valence-electron chi connectivity index (χ0n) is 11.6. The van der Waals surface area contributed by atoms with E-state index in [4.69, 9.17) is 4.74 Å². The van der Waals surface area contributed by atoms with Crippen molar-refractivity contribution in [3.8, 4) is 0 Å². The van der Waals surface area contributed by atoms with Crippen molar-refractivity contribution >= 4 is 18.3 Å². The first kappa shape index (κ1) is 16.9. The van der Waals surface area contributed by atoms with Gasteiger partial charge in [0.15, 0.2) is 0 Å². The van der Waals surface area contributed by atoms with Crippen molar-refractivity contribution in [3.05, 3.63) is 35.6 Å². The number of likely N-dealkylation sites (N-methyl/N-ethyl adjacent to an activating group) is 1. The predicted octanol–water partition coefficient (Wildman–Crippen LogP) is 1.58. The molecule has 0 saturated carbocycles. The van der Waals surface area contributed by atoms with E-state index in [0.29, 0.717) is 19.7 Å². The number of hydrogen-bond acceptors (Lipinski definition) is 3. The lowest BCUT2D eigenvalue weighted by Gasteiger charge is -2.32. The number of ether oxygens (including phenoxy) is 1. The molecule has 1 fully saturated rings. The van der Waals surface area contributed by atoms with Crippen molar-refractivity contribution in [3.63, 3.8) is 0 Å². The minimum absolute atomic E-state index is 0. The van der Waals surface area contributed by atoms with Gasteiger partial charge in [-0.2, -0.15) is 0 Å². The maximum absolute atomic E-state index is 12.8. The highest BCUT2D eigenvalue weighted by Crippen LogP contribution is 2.10. The molecule has 0 aromatic heterocycles. The van der Waals surface area contributed by atoms with Crippen LogP contribution in [0.4, 0.5) is 4.39 Å². The number of carbonyl (C=O) groups excluding carboxylic acids is 1. The second-order valence-corrected chi connectivity index (χ2v) is 4.83. The zero-order chi connectivity index (χ0) is 13.8. The molecule has 2 atom stereocenters. The van der Waals surface area contributed by atoms with Gasteiger partial charge in [-0.3, -0.25) is 4.79 Å². The Balaban J connectivity index is 0.00000200. The summed E-state index contributed by atoms with van der Waals surface area (Å²) in [5, 5.41) is 3.17. The average molecular weight is 303 g/mol. The fourth-order valence-corrected chi connectivity index (χ4v) is 2.19. The molecule has 4 nitrogen and oxygen atoms in total.